The molecule has 7 heteroatoms. The van der Waals surface area contributed by atoms with E-state index in [1.807, 2.05) is 60.7 Å². The predicted molar refractivity (Wildman–Crippen MR) is 125 cm³/mol. The molecule has 0 atom stereocenters. The molecule has 5 rings (SSSR count). The lowest BCUT2D eigenvalue weighted by molar-refractivity contribution is 0.0924. The Bertz CT molecular complexity index is 1170. The average Bonchev–Trinajstić information content (AvgIpc) is 3.01. The van der Waals surface area contributed by atoms with Crippen molar-refractivity contribution in [3.8, 4) is 0 Å². The maximum absolute atomic E-state index is 13.2. The second-order valence-corrected chi connectivity index (χ2v) is 8.28. The predicted octanol–water partition coefficient (Wildman–Crippen LogP) is 4.98. The lowest BCUT2D eigenvalue weighted by Crippen LogP contribution is -2.38. The van der Waals surface area contributed by atoms with E-state index < -0.39 is 11.7 Å². The number of carbonyl (C=O) groups is 2. The molecule has 0 aromatic heterocycles. The van der Waals surface area contributed by atoms with Gasteiger partial charge in [-0.25, -0.2) is 14.0 Å². The van der Waals surface area contributed by atoms with Crippen molar-refractivity contribution in [2.24, 2.45) is 0 Å². The summed E-state index contributed by atoms with van der Waals surface area (Å²) in [7, 11) is 0. The van der Waals surface area contributed by atoms with E-state index in [1.165, 1.54) is 12.1 Å². The number of cyclic esters (lactones) is 1. The highest BCUT2D eigenvalue weighted by Gasteiger charge is 2.53. The van der Waals surface area contributed by atoms with Crippen molar-refractivity contribution in [2.75, 3.05) is 13.1 Å². The molecule has 0 radical (unpaired) electrons. The van der Waals surface area contributed by atoms with Gasteiger partial charge in [0.05, 0.1) is 5.70 Å². The summed E-state index contributed by atoms with van der Waals surface area (Å²) in [6, 6.07) is 24.8. The van der Waals surface area contributed by atoms with Crippen LogP contribution in [-0.4, -0.2) is 35.0 Å². The highest BCUT2D eigenvalue weighted by molar-refractivity contribution is 5.80. The van der Waals surface area contributed by atoms with Gasteiger partial charge in [0.1, 0.15) is 5.82 Å². The molecule has 0 unspecified atom stereocenters. The summed E-state index contributed by atoms with van der Waals surface area (Å²) in [4.78, 5) is 29.4. The third kappa shape index (κ3) is 3.90. The van der Waals surface area contributed by atoms with Gasteiger partial charge in [-0.2, -0.15) is 0 Å². The smallest absolute Gasteiger partial charge is 0.415 e. The number of nitrogens with zero attached hydrogens (tertiary/aromatic N) is 2. The molecule has 0 spiro atoms. The summed E-state index contributed by atoms with van der Waals surface area (Å²) >= 11 is 0. The minimum atomic E-state index is -1.17. The Labute approximate surface area is 197 Å². The quantitative estimate of drug-likeness (QED) is 0.601. The van der Waals surface area contributed by atoms with Gasteiger partial charge in [0.2, 0.25) is 5.60 Å². The zero-order valence-electron chi connectivity index (χ0n) is 18.5. The topological polar surface area (TPSA) is 61.9 Å². The largest absolute Gasteiger partial charge is 0.426 e. The van der Waals surface area contributed by atoms with Crippen LogP contribution < -0.4 is 5.32 Å². The molecule has 1 fully saturated rings. The highest BCUT2D eigenvalue weighted by Crippen LogP contribution is 2.47. The van der Waals surface area contributed by atoms with Crippen LogP contribution in [0.25, 0.3) is 0 Å². The standard InChI is InChI=1S/C27H24FN3O3/c28-23-14-12-20(13-15-23)18-29-25(32)30-16-7-17-31-24(19-30)27(34-26(31)33,21-8-3-1-4-9-21)22-10-5-2-6-11-22/h1-6,8-15,19H,7,16-18H2,(H,29,32). The minimum Gasteiger partial charge on any atom is -0.426 e. The number of nitrogens with one attached hydrogen (secondary N) is 1. The van der Waals surface area contributed by atoms with Crippen LogP contribution in [0.2, 0.25) is 0 Å². The highest BCUT2D eigenvalue weighted by atomic mass is 19.1. The molecule has 3 amide bonds. The Morgan fingerprint density at radius 1 is 0.912 bits per heavy atom. The van der Waals surface area contributed by atoms with E-state index in [-0.39, 0.29) is 18.4 Å². The molecule has 0 aliphatic carbocycles. The van der Waals surface area contributed by atoms with Crippen LogP contribution in [-0.2, 0) is 16.9 Å². The number of ether oxygens (including phenoxy) is 1. The number of fused-ring (bicyclic) bond motifs is 1. The van der Waals surface area contributed by atoms with E-state index in [0.717, 1.165) is 16.7 Å². The zero-order valence-corrected chi connectivity index (χ0v) is 18.5. The molecule has 1 saturated heterocycles. The number of amides is 3. The molecule has 34 heavy (non-hydrogen) atoms. The Morgan fingerprint density at radius 3 is 2.15 bits per heavy atom. The molecule has 3 aromatic carbocycles. The Kier molecular flexibility index (Phi) is 5.76. The van der Waals surface area contributed by atoms with Crippen LogP contribution in [0, 0.1) is 5.82 Å². The SMILES string of the molecule is O=C(NCc1ccc(F)cc1)N1C=C2N(CCC1)C(=O)OC2(c1ccccc1)c1ccccc1. The Hall–Kier alpha value is -4.13. The number of benzene rings is 3. The summed E-state index contributed by atoms with van der Waals surface area (Å²) in [6.07, 6.45) is 1.88. The van der Waals surface area contributed by atoms with Crippen molar-refractivity contribution in [1.82, 2.24) is 15.1 Å². The maximum Gasteiger partial charge on any atom is 0.415 e. The first-order valence-corrected chi connectivity index (χ1v) is 11.2. The number of halogens is 1. The minimum absolute atomic E-state index is 0.264. The number of hydrogen-bond donors (Lipinski definition) is 1. The first-order valence-electron chi connectivity index (χ1n) is 11.2. The summed E-state index contributed by atoms with van der Waals surface area (Å²) < 4.78 is 19.3. The molecule has 1 N–H and O–H groups in total. The summed E-state index contributed by atoms with van der Waals surface area (Å²) in [6.45, 7) is 1.15. The second kappa shape index (κ2) is 9.02. The van der Waals surface area contributed by atoms with Gasteiger partial charge in [-0.05, 0) is 24.1 Å². The molecular formula is C27H24FN3O3. The van der Waals surface area contributed by atoms with Gasteiger partial charge in [0.25, 0.3) is 0 Å². The maximum atomic E-state index is 13.2. The van der Waals surface area contributed by atoms with Crippen LogP contribution in [0.3, 0.4) is 0 Å². The molecular weight excluding hydrogens is 433 g/mol. The Balaban J connectivity index is 1.52. The third-order valence-electron chi connectivity index (χ3n) is 6.15. The van der Waals surface area contributed by atoms with Crippen molar-refractivity contribution in [3.63, 3.8) is 0 Å². The molecule has 2 aliphatic heterocycles. The van der Waals surface area contributed by atoms with Crippen molar-refractivity contribution in [1.29, 1.82) is 0 Å². The number of hydrogen-bond acceptors (Lipinski definition) is 3. The Morgan fingerprint density at radius 2 is 1.53 bits per heavy atom. The van der Waals surface area contributed by atoms with Crippen LogP contribution in [0.4, 0.5) is 14.0 Å². The van der Waals surface area contributed by atoms with Gasteiger partial charge < -0.3 is 10.1 Å². The lowest BCUT2D eigenvalue weighted by Gasteiger charge is -2.30. The first-order chi connectivity index (χ1) is 16.6. The normalized spacial score (nSPS) is 16.9. The lowest BCUT2D eigenvalue weighted by atomic mass is 9.83. The van der Waals surface area contributed by atoms with E-state index in [9.17, 15) is 14.0 Å². The number of urea groups is 1. The van der Waals surface area contributed by atoms with Crippen molar-refractivity contribution in [2.45, 2.75) is 18.6 Å². The molecule has 0 saturated carbocycles. The van der Waals surface area contributed by atoms with Crippen molar-refractivity contribution in [3.05, 3.63) is 119 Å². The molecule has 6 nitrogen and oxygen atoms in total. The summed E-state index contributed by atoms with van der Waals surface area (Å²) in [5.41, 5.74) is 1.83. The average molecular weight is 458 g/mol. The van der Waals surface area contributed by atoms with E-state index in [2.05, 4.69) is 5.32 Å². The fourth-order valence-electron chi connectivity index (χ4n) is 4.48. The molecule has 172 valence electrons. The zero-order chi connectivity index (χ0) is 23.5. The van der Waals surface area contributed by atoms with E-state index in [1.54, 1.807) is 28.1 Å². The van der Waals surface area contributed by atoms with Crippen LogP contribution in [0.5, 0.6) is 0 Å². The first kappa shape index (κ1) is 21.7. The van der Waals surface area contributed by atoms with Crippen molar-refractivity contribution >= 4 is 12.1 Å². The van der Waals surface area contributed by atoms with Gasteiger partial charge in [0, 0.05) is 37.0 Å². The van der Waals surface area contributed by atoms with Crippen LogP contribution in [0.1, 0.15) is 23.1 Å². The van der Waals surface area contributed by atoms with Gasteiger partial charge in [-0.3, -0.25) is 9.80 Å². The second-order valence-electron chi connectivity index (χ2n) is 8.28. The van der Waals surface area contributed by atoms with E-state index >= 15 is 0 Å². The van der Waals surface area contributed by atoms with Gasteiger partial charge in [-0.15, -0.1) is 0 Å². The van der Waals surface area contributed by atoms with E-state index in [0.29, 0.717) is 25.2 Å². The van der Waals surface area contributed by atoms with E-state index in [4.69, 9.17) is 4.74 Å². The monoisotopic (exact) mass is 457 g/mol. The molecule has 0 bridgehead atoms. The number of carbonyl (C=O) groups excluding carboxylic acids is 2. The number of rotatable bonds is 4. The van der Waals surface area contributed by atoms with Crippen molar-refractivity contribution < 1.29 is 18.7 Å². The van der Waals surface area contributed by atoms with Gasteiger partial charge in [0.15, 0.2) is 0 Å². The molecule has 3 aromatic rings. The van der Waals surface area contributed by atoms with Crippen LogP contribution in [0.15, 0.2) is 96.8 Å². The fourth-order valence-corrected chi connectivity index (χ4v) is 4.48. The molecule has 2 heterocycles. The van der Waals surface area contributed by atoms with Gasteiger partial charge in [-0.1, -0.05) is 72.8 Å². The van der Waals surface area contributed by atoms with Crippen LogP contribution >= 0.6 is 0 Å². The summed E-state index contributed by atoms with van der Waals surface area (Å²) in [5, 5.41) is 2.89. The molecule has 2 aliphatic rings. The summed E-state index contributed by atoms with van der Waals surface area (Å²) in [5.74, 6) is -0.323. The fraction of sp³-hybridized carbons (Fsp3) is 0.185. The van der Waals surface area contributed by atoms with Gasteiger partial charge >= 0.3 is 12.1 Å². The third-order valence-corrected chi connectivity index (χ3v) is 6.15.